The highest BCUT2D eigenvalue weighted by molar-refractivity contribution is 5.95. The van der Waals surface area contributed by atoms with E-state index in [2.05, 4.69) is 10.4 Å². The van der Waals surface area contributed by atoms with Gasteiger partial charge in [-0.15, -0.1) is 0 Å². The first-order chi connectivity index (χ1) is 13.3. The van der Waals surface area contributed by atoms with Crippen LogP contribution in [0.15, 0.2) is 41.5 Å². The number of nitrogens with one attached hydrogen (secondary N) is 1. The van der Waals surface area contributed by atoms with Crippen molar-refractivity contribution in [2.24, 2.45) is 14.1 Å². The second kappa shape index (κ2) is 7.63. The molecular formula is C19H21N5O4. The van der Waals surface area contributed by atoms with Crippen molar-refractivity contribution < 1.29 is 9.72 Å². The number of Topliss-reactive ketones (excluding diaryl/α,β-unsaturated/α-hetero) is 1. The number of nitro benzene ring substituents is 1. The molecule has 0 spiro atoms. The average Bonchev–Trinajstić information content (AvgIpc) is 3.08. The van der Waals surface area contributed by atoms with E-state index in [9.17, 15) is 19.7 Å². The number of aryl methyl sites for hydroxylation is 3. The summed E-state index contributed by atoms with van der Waals surface area (Å²) < 4.78 is 3.10. The van der Waals surface area contributed by atoms with Gasteiger partial charge in [0.2, 0.25) is 0 Å². The van der Waals surface area contributed by atoms with Crippen LogP contribution in [-0.2, 0) is 25.3 Å². The van der Waals surface area contributed by atoms with Crippen molar-refractivity contribution in [1.29, 1.82) is 0 Å². The number of pyridine rings is 1. The predicted octanol–water partition coefficient (Wildman–Crippen LogP) is 2.18. The highest BCUT2D eigenvalue weighted by atomic mass is 16.6. The lowest BCUT2D eigenvalue weighted by Gasteiger charge is -2.17. The molecule has 9 nitrogen and oxygen atoms in total. The Morgan fingerprint density at radius 1 is 1.32 bits per heavy atom. The lowest BCUT2D eigenvalue weighted by atomic mass is 10.1. The molecule has 3 rings (SSSR count). The average molecular weight is 383 g/mol. The third kappa shape index (κ3) is 3.93. The fourth-order valence-electron chi connectivity index (χ4n) is 3.08. The highest BCUT2D eigenvalue weighted by Crippen LogP contribution is 2.26. The Morgan fingerprint density at radius 2 is 2.07 bits per heavy atom. The Kier molecular flexibility index (Phi) is 5.25. The molecule has 2 aromatic heterocycles. The molecule has 0 amide bonds. The molecule has 28 heavy (non-hydrogen) atoms. The van der Waals surface area contributed by atoms with Crippen LogP contribution in [0.1, 0.15) is 18.9 Å². The molecule has 0 bridgehead atoms. The molecule has 0 aliphatic carbocycles. The molecule has 2 heterocycles. The van der Waals surface area contributed by atoms with Gasteiger partial charge in [0.25, 0.3) is 11.2 Å². The monoisotopic (exact) mass is 383 g/mol. The minimum atomic E-state index is -0.550. The van der Waals surface area contributed by atoms with Gasteiger partial charge in [-0.2, -0.15) is 5.10 Å². The molecule has 0 saturated carbocycles. The van der Waals surface area contributed by atoms with E-state index >= 15 is 0 Å². The molecule has 0 aliphatic heterocycles. The topological polar surface area (TPSA) is 112 Å². The molecule has 0 unspecified atom stereocenters. The number of ketones is 1. The molecule has 3 aromatic rings. The zero-order chi connectivity index (χ0) is 20.4. The largest absolute Gasteiger partial charge is 0.375 e. The maximum absolute atomic E-state index is 12.5. The van der Waals surface area contributed by atoms with Gasteiger partial charge < -0.3 is 9.88 Å². The predicted molar refractivity (Wildman–Crippen MR) is 105 cm³/mol. The summed E-state index contributed by atoms with van der Waals surface area (Å²) in [7, 11) is 3.42. The van der Waals surface area contributed by atoms with E-state index in [1.165, 1.54) is 28.8 Å². The van der Waals surface area contributed by atoms with E-state index < -0.39 is 11.0 Å². The Morgan fingerprint density at radius 3 is 2.71 bits per heavy atom. The van der Waals surface area contributed by atoms with E-state index in [-0.39, 0.29) is 17.0 Å². The van der Waals surface area contributed by atoms with E-state index in [4.69, 9.17) is 0 Å². The third-order valence-electron chi connectivity index (χ3n) is 4.71. The van der Waals surface area contributed by atoms with Gasteiger partial charge in [-0.05, 0) is 25.0 Å². The summed E-state index contributed by atoms with van der Waals surface area (Å²) in [5, 5.41) is 18.8. The van der Waals surface area contributed by atoms with Crippen LogP contribution in [0.4, 0.5) is 11.4 Å². The van der Waals surface area contributed by atoms with Gasteiger partial charge in [0.1, 0.15) is 0 Å². The fraction of sp³-hybridized carbons (Fsp3) is 0.316. The van der Waals surface area contributed by atoms with Crippen molar-refractivity contribution >= 4 is 28.1 Å². The molecule has 0 aliphatic rings. The molecule has 0 saturated heterocycles. The second-order valence-electron chi connectivity index (χ2n) is 6.77. The number of anilines is 1. The molecule has 0 radical (unpaired) electrons. The van der Waals surface area contributed by atoms with Crippen molar-refractivity contribution in [2.45, 2.75) is 25.8 Å². The van der Waals surface area contributed by atoms with Crippen LogP contribution in [0.25, 0.3) is 10.9 Å². The van der Waals surface area contributed by atoms with Crippen LogP contribution >= 0.6 is 0 Å². The number of hydrogen-bond acceptors (Lipinski definition) is 6. The number of non-ortho nitro benzene ring substituents is 1. The van der Waals surface area contributed by atoms with E-state index in [0.29, 0.717) is 29.4 Å². The molecule has 1 aromatic carbocycles. The molecule has 1 atom stereocenters. The van der Waals surface area contributed by atoms with Gasteiger partial charge in [0.05, 0.1) is 22.7 Å². The minimum absolute atomic E-state index is 0.0249. The zero-order valence-corrected chi connectivity index (χ0v) is 15.9. The number of nitro groups is 1. The Bertz CT molecular complexity index is 1120. The lowest BCUT2D eigenvalue weighted by molar-refractivity contribution is -0.384. The number of rotatable bonds is 7. The van der Waals surface area contributed by atoms with Gasteiger partial charge in [0.15, 0.2) is 5.78 Å². The van der Waals surface area contributed by atoms with Crippen LogP contribution in [0, 0.1) is 10.1 Å². The van der Waals surface area contributed by atoms with Crippen molar-refractivity contribution in [3.63, 3.8) is 0 Å². The maximum Gasteiger partial charge on any atom is 0.270 e. The first-order valence-electron chi connectivity index (χ1n) is 8.81. The summed E-state index contributed by atoms with van der Waals surface area (Å²) >= 11 is 0. The highest BCUT2D eigenvalue weighted by Gasteiger charge is 2.17. The number of nitrogens with zero attached hydrogens (tertiary/aromatic N) is 4. The van der Waals surface area contributed by atoms with E-state index in [1.54, 1.807) is 24.9 Å². The number of benzene rings is 1. The standard InChI is InChI=1S/C19H21N5O4/c1-12(18(25)7-4-13-10-20-22(2)11-13)21-16-9-19(26)23(3)17-6-5-14(24(27)28)8-15(16)17/h5-6,8-12,21H,4,7H2,1-3H3/t12-/m1/s1. The lowest BCUT2D eigenvalue weighted by Crippen LogP contribution is -2.28. The number of aromatic nitrogens is 3. The molecular weight excluding hydrogens is 362 g/mol. The summed E-state index contributed by atoms with van der Waals surface area (Å²) in [4.78, 5) is 35.4. The molecule has 0 fully saturated rings. The summed E-state index contributed by atoms with van der Waals surface area (Å²) in [6.45, 7) is 1.71. The van der Waals surface area contributed by atoms with Crippen molar-refractivity contribution in [1.82, 2.24) is 14.3 Å². The minimum Gasteiger partial charge on any atom is -0.375 e. The fourth-order valence-corrected chi connectivity index (χ4v) is 3.08. The van der Waals surface area contributed by atoms with Crippen LogP contribution in [0.3, 0.4) is 0 Å². The first-order valence-corrected chi connectivity index (χ1v) is 8.81. The molecule has 146 valence electrons. The molecule has 1 N–H and O–H groups in total. The van der Waals surface area contributed by atoms with E-state index in [0.717, 1.165) is 5.56 Å². The zero-order valence-electron chi connectivity index (χ0n) is 15.9. The number of carbonyl (C=O) groups excluding carboxylic acids is 1. The Labute approximate surface area is 160 Å². The normalized spacial score (nSPS) is 12.1. The summed E-state index contributed by atoms with van der Waals surface area (Å²) in [6.07, 6.45) is 4.47. The summed E-state index contributed by atoms with van der Waals surface area (Å²) in [5.74, 6) is -0.0249. The van der Waals surface area contributed by atoms with Crippen molar-refractivity contribution in [3.8, 4) is 0 Å². The Hall–Kier alpha value is -3.49. The van der Waals surface area contributed by atoms with Crippen LogP contribution in [0.2, 0.25) is 0 Å². The number of fused-ring (bicyclic) bond motifs is 1. The van der Waals surface area contributed by atoms with Gasteiger partial charge in [-0.1, -0.05) is 0 Å². The summed E-state index contributed by atoms with van der Waals surface area (Å²) in [6, 6.07) is 5.11. The van der Waals surface area contributed by atoms with Gasteiger partial charge in [0, 0.05) is 56.0 Å². The SMILES string of the molecule is C[C@@H](Nc1cc(=O)n(C)c2ccc([N+](=O)[O-])cc12)C(=O)CCc1cnn(C)c1. The second-order valence-corrected chi connectivity index (χ2v) is 6.77. The van der Waals surface area contributed by atoms with Crippen molar-refractivity contribution in [2.75, 3.05) is 5.32 Å². The third-order valence-corrected chi connectivity index (χ3v) is 4.71. The smallest absolute Gasteiger partial charge is 0.270 e. The van der Waals surface area contributed by atoms with Crippen LogP contribution in [-0.4, -0.2) is 31.1 Å². The molecule has 9 heteroatoms. The first kappa shape index (κ1) is 19.3. The van der Waals surface area contributed by atoms with Crippen molar-refractivity contribution in [3.05, 3.63) is 62.7 Å². The number of hydrogen-bond donors (Lipinski definition) is 1. The Balaban J connectivity index is 1.84. The summed E-state index contributed by atoms with van der Waals surface area (Å²) in [5.41, 5.74) is 1.58. The maximum atomic E-state index is 12.5. The van der Waals surface area contributed by atoms with Gasteiger partial charge in [-0.3, -0.25) is 24.4 Å². The number of carbonyl (C=O) groups is 1. The van der Waals surface area contributed by atoms with E-state index in [1.807, 2.05) is 13.2 Å². The van der Waals surface area contributed by atoms with Crippen LogP contribution in [0.5, 0.6) is 0 Å². The van der Waals surface area contributed by atoms with Gasteiger partial charge in [-0.25, -0.2) is 0 Å². The van der Waals surface area contributed by atoms with Crippen LogP contribution < -0.4 is 10.9 Å². The quantitative estimate of drug-likeness (QED) is 0.494. The van der Waals surface area contributed by atoms with Gasteiger partial charge >= 0.3 is 0 Å².